The van der Waals surface area contributed by atoms with E-state index in [0.29, 0.717) is 0 Å². The number of hydrogen-bond donors (Lipinski definition) is 5. The first-order chi connectivity index (χ1) is 17.9. The summed E-state index contributed by atoms with van der Waals surface area (Å²) in [5.41, 5.74) is 2.97. The van der Waals surface area contributed by atoms with Crippen molar-refractivity contribution in [3.8, 4) is 17.2 Å². The molecule has 5 rings (SSSR count). The Bertz CT molecular complexity index is 1360. The molecule has 0 spiro atoms. The van der Waals surface area contributed by atoms with Crippen LogP contribution in [0.4, 0.5) is 0 Å². The van der Waals surface area contributed by atoms with Gasteiger partial charge in [0.1, 0.15) is 22.8 Å². The van der Waals surface area contributed by atoms with Gasteiger partial charge in [0.05, 0.1) is 42.1 Å². The fraction of sp³-hybridized carbons (Fsp3) is 0.444. The van der Waals surface area contributed by atoms with Gasteiger partial charge >= 0.3 is 0 Å². The first-order valence-electron chi connectivity index (χ1n) is 12.2. The maximum absolute atomic E-state index is 13.6. The van der Waals surface area contributed by atoms with Crippen LogP contribution >= 0.6 is 0 Å². The normalized spacial score (nSPS) is 30.3. The van der Waals surface area contributed by atoms with E-state index >= 15 is 0 Å². The Morgan fingerprint density at radius 3 is 2.45 bits per heavy atom. The number of phenolic OH excluding ortho intramolecular Hbond substituents is 2. The molecule has 0 radical (unpaired) electrons. The SMILES string of the molecule is COc1cccc2c1C(=O)c1c(O)c3c(c(O)c1C2=O)C[C@](O)(C(C)=O)C[C@@H]3O[C@@H]1C[C@H](N)[C@@H](O)[C@H](C)O1. The molecule has 0 bridgehead atoms. The van der Waals surface area contributed by atoms with Gasteiger partial charge < -0.3 is 40.4 Å². The maximum atomic E-state index is 13.6. The molecule has 0 saturated carbocycles. The number of nitrogens with two attached hydrogens (primary N) is 1. The van der Waals surface area contributed by atoms with Crippen LogP contribution in [-0.4, -0.2) is 75.0 Å². The number of ether oxygens (including phenoxy) is 3. The smallest absolute Gasteiger partial charge is 0.202 e. The number of Topliss-reactive ketones (excluding diaryl/α,β-unsaturated/α-hetero) is 1. The number of aliphatic hydroxyl groups excluding tert-OH is 1. The van der Waals surface area contributed by atoms with Gasteiger partial charge in [-0.15, -0.1) is 0 Å². The highest BCUT2D eigenvalue weighted by Gasteiger charge is 2.49. The van der Waals surface area contributed by atoms with Gasteiger partial charge in [0.15, 0.2) is 17.9 Å². The summed E-state index contributed by atoms with van der Waals surface area (Å²) in [7, 11) is 1.34. The standard InChI is InChI=1S/C27H29NO10/c1-10-22(30)14(28)7-17(37-10)38-16-9-27(35,11(2)29)8-13-19(16)26(34)21-20(24(13)32)23(31)12-5-4-6-15(36-3)18(12)25(21)33/h4-6,10,14,16-17,22,30,32,34-35H,7-9,28H2,1-3H3/t10-,14-,16-,17+,22-,27+/m0/s1. The Morgan fingerprint density at radius 2 is 1.82 bits per heavy atom. The summed E-state index contributed by atoms with van der Waals surface area (Å²) in [6.45, 7) is 2.79. The van der Waals surface area contributed by atoms with Crippen molar-refractivity contribution in [3.05, 3.63) is 51.6 Å². The van der Waals surface area contributed by atoms with E-state index in [1.807, 2.05) is 0 Å². The summed E-state index contributed by atoms with van der Waals surface area (Å²) in [6, 6.07) is 3.75. The monoisotopic (exact) mass is 527 g/mol. The molecule has 202 valence electrons. The lowest BCUT2D eigenvalue weighted by atomic mass is 9.72. The molecule has 6 N–H and O–H groups in total. The summed E-state index contributed by atoms with van der Waals surface area (Å²) in [4.78, 5) is 39.6. The minimum absolute atomic E-state index is 0.0147. The van der Waals surface area contributed by atoms with Crippen LogP contribution in [-0.2, 0) is 20.7 Å². The predicted molar refractivity (Wildman–Crippen MR) is 130 cm³/mol. The Balaban J connectivity index is 1.68. The molecule has 11 heteroatoms. The van der Waals surface area contributed by atoms with Gasteiger partial charge in [-0.3, -0.25) is 14.4 Å². The van der Waals surface area contributed by atoms with Crippen molar-refractivity contribution in [2.45, 2.75) is 69.4 Å². The minimum atomic E-state index is -2.00. The Hall–Kier alpha value is -3.35. The topological polar surface area (TPSA) is 186 Å². The molecule has 1 heterocycles. The molecular formula is C27H29NO10. The number of hydrogen-bond acceptors (Lipinski definition) is 11. The number of aromatic hydroxyl groups is 2. The highest BCUT2D eigenvalue weighted by molar-refractivity contribution is 6.31. The van der Waals surface area contributed by atoms with E-state index in [1.165, 1.54) is 32.2 Å². The fourth-order valence-corrected chi connectivity index (χ4v) is 5.66. The molecule has 0 amide bonds. The first kappa shape index (κ1) is 26.3. The maximum Gasteiger partial charge on any atom is 0.202 e. The van der Waals surface area contributed by atoms with Crippen LogP contribution in [0.2, 0.25) is 0 Å². The second-order valence-electron chi connectivity index (χ2n) is 10.1. The van der Waals surface area contributed by atoms with Crippen molar-refractivity contribution in [1.82, 2.24) is 0 Å². The highest BCUT2D eigenvalue weighted by Crippen LogP contribution is 2.52. The zero-order valence-corrected chi connectivity index (χ0v) is 21.1. The molecule has 1 fully saturated rings. The van der Waals surface area contributed by atoms with Crippen LogP contribution in [0.3, 0.4) is 0 Å². The third-order valence-corrected chi connectivity index (χ3v) is 7.80. The van der Waals surface area contributed by atoms with Crippen LogP contribution in [0.1, 0.15) is 75.8 Å². The molecule has 0 aromatic heterocycles. The van der Waals surface area contributed by atoms with Crippen molar-refractivity contribution in [2.75, 3.05) is 7.11 Å². The van der Waals surface area contributed by atoms with Gasteiger partial charge in [0.25, 0.3) is 0 Å². The number of carbonyl (C=O) groups excluding carboxylic acids is 3. The number of rotatable bonds is 4. The zero-order chi connectivity index (χ0) is 27.7. The van der Waals surface area contributed by atoms with Gasteiger partial charge in [-0.1, -0.05) is 12.1 Å². The molecule has 11 nitrogen and oxygen atoms in total. The lowest BCUT2D eigenvalue weighted by molar-refractivity contribution is -0.247. The number of methoxy groups -OCH3 is 1. The summed E-state index contributed by atoms with van der Waals surface area (Å²) in [5, 5.41) is 44.1. The van der Waals surface area contributed by atoms with E-state index in [9.17, 15) is 34.8 Å². The number of ketones is 3. The first-order valence-corrected chi connectivity index (χ1v) is 12.2. The van der Waals surface area contributed by atoms with E-state index < -0.39 is 82.6 Å². The van der Waals surface area contributed by atoms with E-state index in [4.69, 9.17) is 19.9 Å². The second kappa shape index (κ2) is 9.14. The van der Waals surface area contributed by atoms with Gasteiger partial charge in [0, 0.05) is 42.0 Å². The summed E-state index contributed by atoms with van der Waals surface area (Å²) >= 11 is 0. The van der Waals surface area contributed by atoms with Crippen LogP contribution in [0.5, 0.6) is 17.2 Å². The highest BCUT2D eigenvalue weighted by atomic mass is 16.7. The van der Waals surface area contributed by atoms with Crippen LogP contribution in [0.15, 0.2) is 18.2 Å². The quantitative estimate of drug-likeness (QED) is 0.305. The average molecular weight is 528 g/mol. The molecule has 2 aromatic carbocycles. The second-order valence-corrected chi connectivity index (χ2v) is 10.1. The van der Waals surface area contributed by atoms with Gasteiger partial charge in [-0.25, -0.2) is 0 Å². The molecule has 0 unspecified atom stereocenters. The predicted octanol–water partition coefficient (Wildman–Crippen LogP) is 1.03. The van der Waals surface area contributed by atoms with Crippen molar-refractivity contribution in [1.29, 1.82) is 0 Å². The molecule has 1 saturated heterocycles. The van der Waals surface area contributed by atoms with Crippen LogP contribution < -0.4 is 10.5 Å². The van der Waals surface area contributed by atoms with E-state index in [0.717, 1.165) is 0 Å². The Kier molecular flexibility index (Phi) is 6.32. The van der Waals surface area contributed by atoms with Gasteiger partial charge in [-0.05, 0) is 19.9 Å². The van der Waals surface area contributed by atoms with E-state index in [1.54, 1.807) is 6.92 Å². The van der Waals surface area contributed by atoms with Crippen molar-refractivity contribution >= 4 is 17.3 Å². The summed E-state index contributed by atoms with van der Waals surface area (Å²) < 4.78 is 17.1. The number of fused-ring (bicyclic) bond motifs is 3. The third kappa shape index (κ3) is 3.81. The molecular weight excluding hydrogens is 498 g/mol. The number of phenols is 2. The van der Waals surface area contributed by atoms with Crippen LogP contribution in [0.25, 0.3) is 0 Å². The molecule has 6 atom stereocenters. The lowest BCUT2D eigenvalue weighted by Crippen LogP contribution is -2.52. The fourth-order valence-electron chi connectivity index (χ4n) is 5.66. The Morgan fingerprint density at radius 1 is 1.13 bits per heavy atom. The molecule has 2 aromatic rings. The number of benzene rings is 2. The Labute approximate surface area is 217 Å². The van der Waals surface area contributed by atoms with Crippen molar-refractivity contribution in [3.63, 3.8) is 0 Å². The van der Waals surface area contributed by atoms with Gasteiger partial charge in [-0.2, -0.15) is 0 Å². The van der Waals surface area contributed by atoms with E-state index in [2.05, 4.69) is 0 Å². The molecule has 3 aliphatic rings. The van der Waals surface area contributed by atoms with E-state index in [-0.39, 0.29) is 40.8 Å². The number of aliphatic hydroxyl groups is 2. The zero-order valence-electron chi connectivity index (χ0n) is 21.1. The summed E-state index contributed by atoms with van der Waals surface area (Å²) in [5.74, 6) is -3.18. The molecule has 38 heavy (non-hydrogen) atoms. The summed E-state index contributed by atoms with van der Waals surface area (Å²) in [6.07, 6.45) is -4.53. The van der Waals surface area contributed by atoms with Crippen molar-refractivity contribution < 1.29 is 49.0 Å². The molecule has 2 aliphatic carbocycles. The number of carbonyl (C=O) groups is 3. The largest absolute Gasteiger partial charge is 0.507 e. The average Bonchev–Trinajstić information content (AvgIpc) is 2.87. The minimum Gasteiger partial charge on any atom is -0.507 e. The lowest BCUT2D eigenvalue weighted by Gasteiger charge is -2.42. The third-order valence-electron chi connectivity index (χ3n) is 7.80. The molecule has 1 aliphatic heterocycles. The van der Waals surface area contributed by atoms with Crippen molar-refractivity contribution in [2.24, 2.45) is 5.73 Å². The van der Waals surface area contributed by atoms with Crippen LogP contribution in [0, 0.1) is 0 Å². The van der Waals surface area contributed by atoms with Gasteiger partial charge in [0.2, 0.25) is 5.78 Å².